The van der Waals surface area contributed by atoms with Crippen molar-refractivity contribution >= 4 is 16.9 Å². The molecule has 162 valence electrons. The van der Waals surface area contributed by atoms with Crippen LogP contribution in [0, 0.1) is 5.92 Å². The van der Waals surface area contributed by atoms with Gasteiger partial charge in [0.05, 0.1) is 36.1 Å². The largest absolute Gasteiger partial charge is 0.350 e. The predicted octanol–water partition coefficient (Wildman–Crippen LogP) is 3.90. The van der Waals surface area contributed by atoms with E-state index in [4.69, 9.17) is 14.5 Å². The summed E-state index contributed by atoms with van der Waals surface area (Å²) in [5, 5.41) is 5.34. The SMILES string of the molecule is CC(C)n1ncc2c(C(=O)N3CCCC(C4OCCO4)C3)cc(-c3ccccc3)nc21. The number of pyridine rings is 1. The zero-order chi connectivity index (χ0) is 21.4. The van der Waals surface area contributed by atoms with Crippen LogP contribution in [-0.2, 0) is 9.47 Å². The van der Waals surface area contributed by atoms with E-state index in [9.17, 15) is 4.79 Å². The van der Waals surface area contributed by atoms with E-state index in [2.05, 4.69) is 18.9 Å². The molecule has 0 radical (unpaired) electrons. The number of carbonyl (C=O) groups excluding carboxylic acids is 1. The number of fused-ring (bicyclic) bond motifs is 1. The molecule has 1 atom stereocenters. The highest BCUT2D eigenvalue weighted by molar-refractivity contribution is 6.06. The van der Waals surface area contributed by atoms with Crippen LogP contribution in [0.2, 0.25) is 0 Å². The Morgan fingerprint density at radius 1 is 1.16 bits per heavy atom. The topological polar surface area (TPSA) is 69.5 Å². The van der Waals surface area contributed by atoms with E-state index >= 15 is 0 Å². The van der Waals surface area contributed by atoms with Crippen molar-refractivity contribution in [1.82, 2.24) is 19.7 Å². The molecule has 0 spiro atoms. The van der Waals surface area contributed by atoms with Gasteiger partial charge in [0, 0.05) is 30.6 Å². The van der Waals surface area contributed by atoms with E-state index in [0.29, 0.717) is 25.3 Å². The highest BCUT2D eigenvalue weighted by Gasteiger charge is 2.34. The van der Waals surface area contributed by atoms with Gasteiger partial charge in [-0.25, -0.2) is 9.67 Å². The summed E-state index contributed by atoms with van der Waals surface area (Å²) >= 11 is 0. The fourth-order valence-electron chi connectivity index (χ4n) is 4.57. The molecular formula is C24H28N4O3. The van der Waals surface area contributed by atoms with Crippen molar-refractivity contribution in [2.24, 2.45) is 5.92 Å². The third-order valence-corrected chi connectivity index (χ3v) is 6.13. The molecule has 0 aliphatic carbocycles. The van der Waals surface area contributed by atoms with Crippen molar-refractivity contribution in [3.63, 3.8) is 0 Å². The fourth-order valence-corrected chi connectivity index (χ4v) is 4.57. The first-order valence-corrected chi connectivity index (χ1v) is 11.1. The summed E-state index contributed by atoms with van der Waals surface area (Å²) in [6.45, 7) is 6.80. The maximum atomic E-state index is 13.7. The second kappa shape index (κ2) is 8.40. The van der Waals surface area contributed by atoms with E-state index in [0.717, 1.165) is 41.7 Å². The normalized spacial score (nSPS) is 20.1. The summed E-state index contributed by atoms with van der Waals surface area (Å²) in [6, 6.07) is 12.0. The van der Waals surface area contributed by atoms with E-state index < -0.39 is 0 Å². The Morgan fingerprint density at radius 3 is 2.68 bits per heavy atom. The van der Waals surface area contributed by atoms with Crippen molar-refractivity contribution in [2.75, 3.05) is 26.3 Å². The minimum Gasteiger partial charge on any atom is -0.350 e. The molecule has 2 fully saturated rings. The number of likely N-dealkylation sites (tertiary alicyclic amines) is 1. The number of piperidine rings is 1. The van der Waals surface area contributed by atoms with E-state index in [1.165, 1.54) is 0 Å². The second-order valence-corrected chi connectivity index (χ2v) is 8.60. The molecule has 0 saturated carbocycles. The minimum absolute atomic E-state index is 0.0237. The molecule has 0 bridgehead atoms. The number of carbonyl (C=O) groups is 1. The lowest BCUT2D eigenvalue weighted by Gasteiger charge is -2.34. The molecule has 3 aromatic rings. The highest BCUT2D eigenvalue weighted by atomic mass is 16.7. The third-order valence-electron chi connectivity index (χ3n) is 6.13. The molecular weight excluding hydrogens is 392 g/mol. The Labute approximate surface area is 182 Å². The molecule has 5 rings (SSSR count). The van der Waals surface area contributed by atoms with Crippen LogP contribution < -0.4 is 0 Å². The van der Waals surface area contributed by atoms with Crippen LogP contribution in [0.3, 0.4) is 0 Å². The molecule has 1 unspecified atom stereocenters. The number of ether oxygens (including phenoxy) is 2. The van der Waals surface area contributed by atoms with Crippen molar-refractivity contribution in [2.45, 2.75) is 39.0 Å². The molecule has 4 heterocycles. The molecule has 7 heteroatoms. The Kier molecular flexibility index (Phi) is 5.46. The standard InChI is InChI=1S/C24H28N4O3/c1-16(2)28-22-20(14-25-28)19(13-21(26-22)17-7-4-3-5-8-17)23(29)27-10-6-9-18(15-27)24-30-11-12-31-24/h3-5,7-8,13-14,16,18,24H,6,9-12,15H2,1-2H3. The summed E-state index contributed by atoms with van der Waals surface area (Å²) in [4.78, 5) is 20.5. The average molecular weight is 421 g/mol. The summed E-state index contributed by atoms with van der Waals surface area (Å²) in [6.07, 6.45) is 3.54. The number of aromatic nitrogens is 3. The number of hydrogen-bond donors (Lipinski definition) is 0. The van der Waals surface area contributed by atoms with Gasteiger partial charge in [-0.1, -0.05) is 30.3 Å². The molecule has 31 heavy (non-hydrogen) atoms. The first-order chi connectivity index (χ1) is 15.1. The Hall–Kier alpha value is -2.77. The summed E-state index contributed by atoms with van der Waals surface area (Å²) in [5.41, 5.74) is 3.18. The second-order valence-electron chi connectivity index (χ2n) is 8.60. The van der Waals surface area contributed by atoms with Gasteiger partial charge in [0.15, 0.2) is 11.9 Å². The van der Waals surface area contributed by atoms with Crippen LogP contribution in [0.25, 0.3) is 22.3 Å². The molecule has 0 N–H and O–H groups in total. The summed E-state index contributed by atoms with van der Waals surface area (Å²) < 4.78 is 13.3. The van der Waals surface area contributed by atoms with Gasteiger partial charge >= 0.3 is 0 Å². The van der Waals surface area contributed by atoms with E-state index in [-0.39, 0.29) is 24.2 Å². The van der Waals surface area contributed by atoms with Crippen LogP contribution in [0.4, 0.5) is 0 Å². The molecule has 1 aromatic carbocycles. The zero-order valence-corrected chi connectivity index (χ0v) is 18.0. The van der Waals surface area contributed by atoms with Crippen LogP contribution >= 0.6 is 0 Å². The quantitative estimate of drug-likeness (QED) is 0.640. The lowest BCUT2D eigenvalue weighted by molar-refractivity contribution is -0.0969. The average Bonchev–Trinajstić information content (AvgIpc) is 3.49. The monoisotopic (exact) mass is 420 g/mol. The third kappa shape index (κ3) is 3.83. The molecule has 7 nitrogen and oxygen atoms in total. The Bertz CT molecular complexity index is 1070. The maximum absolute atomic E-state index is 13.7. The van der Waals surface area contributed by atoms with Crippen molar-refractivity contribution < 1.29 is 14.3 Å². The lowest BCUT2D eigenvalue weighted by atomic mass is 9.96. The number of benzene rings is 1. The number of amides is 1. The first kappa shape index (κ1) is 20.2. The van der Waals surface area contributed by atoms with Gasteiger partial charge in [0.2, 0.25) is 0 Å². The molecule has 2 aliphatic rings. The van der Waals surface area contributed by atoms with Crippen molar-refractivity contribution in [1.29, 1.82) is 0 Å². The lowest BCUT2D eigenvalue weighted by Crippen LogP contribution is -2.43. The van der Waals surface area contributed by atoms with Crippen molar-refractivity contribution in [3.05, 3.63) is 48.2 Å². The van der Waals surface area contributed by atoms with Gasteiger partial charge in [-0.15, -0.1) is 0 Å². The highest BCUT2D eigenvalue weighted by Crippen LogP contribution is 2.30. The summed E-state index contributed by atoms with van der Waals surface area (Å²) in [7, 11) is 0. The van der Waals surface area contributed by atoms with Crippen LogP contribution in [0.5, 0.6) is 0 Å². The molecule has 2 aromatic heterocycles. The van der Waals surface area contributed by atoms with Crippen LogP contribution in [0.15, 0.2) is 42.6 Å². The minimum atomic E-state index is -0.198. The summed E-state index contributed by atoms with van der Waals surface area (Å²) in [5.74, 6) is 0.236. The first-order valence-electron chi connectivity index (χ1n) is 11.1. The Balaban J connectivity index is 1.54. The smallest absolute Gasteiger partial charge is 0.254 e. The fraction of sp³-hybridized carbons (Fsp3) is 0.458. The number of hydrogen-bond acceptors (Lipinski definition) is 5. The van der Waals surface area contributed by atoms with Gasteiger partial charge in [-0.05, 0) is 32.8 Å². The molecule has 2 aliphatic heterocycles. The predicted molar refractivity (Wildman–Crippen MR) is 118 cm³/mol. The number of rotatable bonds is 4. The van der Waals surface area contributed by atoms with E-state index in [1.54, 1.807) is 6.20 Å². The van der Waals surface area contributed by atoms with Gasteiger partial charge in [-0.3, -0.25) is 4.79 Å². The number of nitrogens with zero attached hydrogens (tertiary/aromatic N) is 4. The van der Waals surface area contributed by atoms with Crippen molar-refractivity contribution in [3.8, 4) is 11.3 Å². The van der Waals surface area contributed by atoms with Gasteiger partial charge < -0.3 is 14.4 Å². The van der Waals surface area contributed by atoms with E-state index in [1.807, 2.05) is 46.0 Å². The van der Waals surface area contributed by atoms with Gasteiger partial charge in [0.25, 0.3) is 5.91 Å². The molecule has 2 saturated heterocycles. The maximum Gasteiger partial charge on any atom is 0.254 e. The van der Waals surface area contributed by atoms with Crippen LogP contribution in [-0.4, -0.2) is 58.2 Å². The molecule has 1 amide bonds. The van der Waals surface area contributed by atoms with Gasteiger partial charge in [0.1, 0.15) is 0 Å². The zero-order valence-electron chi connectivity index (χ0n) is 18.0. The Morgan fingerprint density at radius 2 is 1.94 bits per heavy atom. The van der Waals surface area contributed by atoms with Crippen LogP contribution in [0.1, 0.15) is 43.1 Å². The van der Waals surface area contributed by atoms with Gasteiger partial charge in [-0.2, -0.15) is 5.10 Å².